The minimum absolute atomic E-state index is 0.241. The fraction of sp³-hybridized carbons (Fsp3) is 0.840. The zero-order valence-corrected chi connectivity index (χ0v) is 20.9. The van der Waals surface area contributed by atoms with Crippen LogP contribution in [0.5, 0.6) is 0 Å². The lowest BCUT2D eigenvalue weighted by molar-refractivity contribution is -0.136. The minimum Gasteiger partial charge on any atom is -0.404 e. The Bertz CT molecular complexity index is 607. The van der Waals surface area contributed by atoms with Crippen LogP contribution in [0.3, 0.4) is 0 Å². The lowest BCUT2D eigenvalue weighted by Gasteiger charge is -2.39. The summed E-state index contributed by atoms with van der Waals surface area (Å²) in [4.78, 5) is 17.6. The molecule has 0 aromatic heterocycles. The molecule has 184 valence electrons. The summed E-state index contributed by atoms with van der Waals surface area (Å²) >= 11 is 0. The molecule has 0 spiro atoms. The molecule has 0 aromatic carbocycles. The molecule has 0 atom stereocenters. The first-order chi connectivity index (χ1) is 15.3. The predicted octanol–water partition coefficient (Wildman–Crippen LogP) is 2.86. The van der Waals surface area contributed by atoms with E-state index in [-0.39, 0.29) is 5.92 Å². The Morgan fingerprint density at radius 1 is 1.19 bits per heavy atom. The number of hydrogen-bond acceptors (Lipinski definition) is 6. The van der Waals surface area contributed by atoms with Crippen LogP contribution < -0.4 is 11.1 Å². The average molecular weight is 450 g/mol. The van der Waals surface area contributed by atoms with E-state index in [9.17, 15) is 4.79 Å². The molecular formula is C25H47N5O2. The number of nitrogens with zero attached hydrogens (tertiary/aromatic N) is 2. The highest BCUT2D eigenvalue weighted by molar-refractivity contribution is 5.99. The predicted molar refractivity (Wildman–Crippen MR) is 132 cm³/mol. The van der Waals surface area contributed by atoms with Crippen LogP contribution in [-0.4, -0.2) is 80.9 Å². The van der Waals surface area contributed by atoms with Crippen LogP contribution in [0.2, 0.25) is 0 Å². The fourth-order valence-corrected chi connectivity index (χ4v) is 5.00. The van der Waals surface area contributed by atoms with Gasteiger partial charge < -0.3 is 31.0 Å². The zero-order valence-electron chi connectivity index (χ0n) is 20.9. The van der Waals surface area contributed by atoms with Crippen molar-refractivity contribution in [1.29, 1.82) is 5.41 Å². The Hall–Kier alpha value is -1.44. The van der Waals surface area contributed by atoms with Crippen molar-refractivity contribution in [3.63, 3.8) is 0 Å². The highest BCUT2D eigenvalue weighted by atomic mass is 16.5. The number of hydrogen-bond donors (Lipinski definition) is 3. The molecule has 7 nitrogen and oxygen atoms in total. The van der Waals surface area contributed by atoms with Gasteiger partial charge in [-0.2, -0.15) is 0 Å². The van der Waals surface area contributed by atoms with Crippen molar-refractivity contribution in [3.05, 3.63) is 11.8 Å². The number of carbonyl (C=O) groups is 1. The molecule has 2 aliphatic rings. The summed E-state index contributed by atoms with van der Waals surface area (Å²) in [6.07, 6.45) is 8.15. The number of amides is 1. The molecule has 1 saturated heterocycles. The van der Waals surface area contributed by atoms with Gasteiger partial charge in [-0.25, -0.2) is 0 Å². The van der Waals surface area contributed by atoms with Crippen LogP contribution in [0.25, 0.3) is 0 Å². The van der Waals surface area contributed by atoms with Crippen molar-refractivity contribution in [3.8, 4) is 0 Å². The van der Waals surface area contributed by atoms with Crippen LogP contribution in [0.1, 0.15) is 58.8 Å². The van der Waals surface area contributed by atoms with Crippen LogP contribution >= 0.6 is 0 Å². The standard InChI is InChI=1S/C25H47N5O2/c1-19(2)17-30(24(31)15-20-9-13-32-14-10-20)23-7-5-21(6-8-23)25(27)22(16-26)18-29(4)12-11-28-3/h16,19-21,23,27-28H,5-15,17-18,26H2,1-4H3/b22-16-,27-25?. The van der Waals surface area contributed by atoms with Gasteiger partial charge in [-0.1, -0.05) is 13.8 Å². The normalized spacial score (nSPS) is 23.0. The number of likely N-dealkylation sites (N-methyl/N-ethyl adjacent to an activating group) is 2. The first kappa shape index (κ1) is 26.8. The van der Waals surface area contributed by atoms with Gasteiger partial charge in [-0.15, -0.1) is 0 Å². The number of nitrogens with two attached hydrogens (primary N) is 1. The van der Waals surface area contributed by atoms with E-state index in [1.165, 1.54) is 0 Å². The average Bonchev–Trinajstić information content (AvgIpc) is 2.79. The molecule has 0 radical (unpaired) electrons. The number of nitrogens with one attached hydrogen (secondary N) is 2. The Balaban J connectivity index is 1.91. The van der Waals surface area contributed by atoms with E-state index in [4.69, 9.17) is 15.9 Å². The maximum atomic E-state index is 13.2. The Morgan fingerprint density at radius 3 is 2.41 bits per heavy atom. The summed E-state index contributed by atoms with van der Waals surface area (Å²) in [5, 5.41) is 11.9. The second-order valence-electron chi connectivity index (χ2n) is 10.2. The second-order valence-corrected chi connectivity index (χ2v) is 10.2. The highest BCUT2D eigenvalue weighted by Gasteiger charge is 2.32. The van der Waals surface area contributed by atoms with Gasteiger partial charge in [0, 0.05) is 75.3 Å². The molecule has 1 amide bonds. The Morgan fingerprint density at radius 2 is 1.84 bits per heavy atom. The van der Waals surface area contributed by atoms with Gasteiger partial charge in [0.05, 0.1) is 0 Å². The quantitative estimate of drug-likeness (QED) is 0.398. The van der Waals surface area contributed by atoms with Gasteiger partial charge >= 0.3 is 0 Å². The third-order valence-corrected chi connectivity index (χ3v) is 6.96. The molecule has 0 aromatic rings. The number of rotatable bonds is 12. The van der Waals surface area contributed by atoms with E-state index >= 15 is 0 Å². The first-order valence-electron chi connectivity index (χ1n) is 12.6. The highest BCUT2D eigenvalue weighted by Crippen LogP contribution is 2.31. The fourth-order valence-electron chi connectivity index (χ4n) is 5.00. The molecule has 1 heterocycles. The van der Waals surface area contributed by atoms with Crippen molar-refractivity contribution in [2.24, 2.45) is 23.5 Å². The van der Waals surface area contributed by atoms with Gasteiger partial charge in [0.2, 0.25) is 5.91 Å². The third kappa shape index (κ3) is 8.49. The van der Waals surface area contributed by atoms with Gasteiger partial charge in [-0.3, -0.25) is 4.79 Å². The largest absolute Gasteiger partial charge is 0.404 e. The molecular weight excluding hydrogens is 402 g/mol. The molecule has 0 bridgehead atoms. The van der Waals surface area contributed by atoms with Crippen molar-refractivity contribution < 1.29 is 9.53 Å². The lowest BCUT2D eigenvalue weighted by Crippen LogP contribution is -2.45. The summed E-state index contributed by atoms with van der Waals surface area (Å²) in [5.74, 6) is 1.49. The van der Waals surface area contributed by atoms with Crippen LogP contribution in [0, 0.1) is 23.2 Å². The van der Waals surface area contributed by atoms with Gasteiger partial charge in [0.25, 0.3) is 0 Å². The van der Waals surface area contributed by atoms with Gasteiger partial charge in [-0.05, 0) is 64.5 Å². The van der Waals surface area contributed by atoms with Crippen molar-refractivity contribution in [2.45, 2.75) is 64.8 Å². The van der Waals surface area contributed by atoms with Crippen LogP contribution in [0.15, 0.2) is 11.8 Å². The molecule has 7 heteroatoms. The van der Waals surface area contributed by atoms with E-state index < -0.39 is 0 Å². The summed E-state index contributed by atoms with van der Waals surface area (Å²) in [5.41, 5.74) is 7.53. The first-order valence-corrected chi connectivity index (χ1v) is 12.6. The third-order valence-electron chi connectivity index (χ3n) is 6.96. The molecule has 4 N–H and O–H groups in total. The van der Waals surface area contributed by atoms with Crippen molar-refractivity contribution in [1.82, 2.24) is 15.1 Å². The number of ether oxygens (including phenoxy) is 1. The molecule has 0 unspecified atom stereocenters. The zero-order chi connectivity index (χ0) is 23.5. The summed E-state index contributed by atoms with van der Waals surface area (Å²) < 4.78 is 5.46. The van der Waals surface area contributed by atoms with Crippen molar-refractivity contribution in [2.75, 3.05) is 53.5 Å². The summed E-state index contributed by atoms with van der Waals surface area (Å²) in [6, 6.07) is 0.303. The molecule has 1 aliphatic carbocycles. The summed E-state index contributed by atoms with van der Waals surface area (Å²) in [7, 11) is 4.02. The van der Waals surface area contributed by atoms with E-state index in [0.29, 0.717) is 42.5 Å². The minimum atomic E-state index is 0.241. The van der Waals surface area contributed by atoms with E-state index in [2.05, 4.69) is 36.0 Å². The second kappa shape index (κ2) is 14.0. The maximum Gasteiger partial charge on any atom is 0.223 e. The molecule has 2 fully saturated rings. The van der Waals surface area contributed by atoms with Crippen molar-refractivity contribution >= 4 is 11.6 Å². The topological polar surface area (TPSA) is 94.7 Å². The molecule has 32 heavy (non-hydrogen) atoms. The Labute approximate surface area is 195 Å². The van der Waals surface area contributed by atoms with Gasteiger partial charge in [0.1, 0.15) is 0 Å². The van der Waals surface area contributed by atoms with E-state index in [0.717, 1.165) is 76.9 Å². The van der Waals surface area contributed by atoms with E-state index in [1.54, 1.807) is 6.20 Å². The smallest absolute Gasteiger partial charge is 0.223 e. The van der Waals surface area contributed by atoms with Crippen LogP contribution in [-0.2, 0) is 9.53 Å². The van der Waals surface area contributed by atoms with Gasteiger partial charge in [0.15, 0.2) is 0 Å². The number of carbonyl (C=O) groups excluding carboxylic acids is 1. The molecule has 2 rings (SSSR count). The SMILES string of the molecule is CNCCN(C)C/C(=C/N)C(=N)C1CCC(N(CC(C)C)C(=O)CC2CCOCC2)CC1. The Kier molecular flexibility index (Phi) is 11.7. The lowest BCUT2D eigenvalue weighted by atomic mass is 9.80. The molecule has 1 saturated carbocycles. The monoisotopic (exact) mass is 449 g/mol. The van der Waals surface area contributed by atoms with Crippen LogP contribution in [0.4, 0.5) is 0 Å². The van der Waals surface area contributed by atoms with E-state index in [1.807, 2.05) is 7.05 Å². The maximum absolute atomic E-state index is 13.2. The molecule has 1 aliphatic heterocycles. The summed E-state index contributed by atoms with van der Waals surface area (Å²) in [6.45, 7) is 9.34.